The summed E-state index contributed by atoms with van der Waals surface area (Å²) in [7, 11) is 1.58. The van der Waals surface area contributed by atoms with Gasteiger partial charge in [0.1, 0.15) is 5.75 Å². The second-order valence-corrected chi connectivity index (χ2v) is 7.08. The molecule has 0 spiro atoms. The minimum atomic E-state index is -0.239. The van der Waals surface area contributed by atoms with Crippen LogP contribution in [0.2, 0.25) is 6.32 Å². The number of hydrogen-bond donors (Lipinski definition) is 0. The Kier molecular flexibility index (Phi) is 4.69. The van der Waals surface area contributed by atoms with Crippen LogP contribution in [0.5, 0.6) is 5.75 Å². The van der Waals surface area contributed by atoms with Gasteiger partial charge in [0.15, 0.2) is 0 Å². The molecule has 0 aliphatic carbocycles. The van der Waals surface area contributed by atoms with Gasteiger partial charge < -0.3 is 14.0 Å². The highest BCUT2D eigenvalue weighted by atomic mass is 16.7. The first-order chi connectivity index (χ1) is 9.73. The molecule has 0 unspecified atom stereocenters. The van der Waals surface area contributed by atoms with Gasteiger partial charge in [-0.1, -0.05) is 19.1 Å². The van der Waals surface area contributed by atoms with E-state index in [2.05, 4.69) is 46.8 Å². The van der Waals surface area contributed by atoms with Crippen molar-refractivity contribution in [3.8, 4) is 5.75 Å². The zero-order chi connectivity index (χ0) is 15.7. The number of rotatable bonds is 5. The van der Waals surface area contributed by atoms with Crippen LogP contribution < -0.4 is 4.74 Å². The maximum Gasteiger partial charge on any atom is 0.458 e. The van der Waals surface area contributed by atoms with Crippen molar-refractivity contribution in [3.63, 3.8) is 0 Å². The zero-order valence-electron chi connectivity index (χ0n) is 14.1. The summed E-state index contributed by atoms with van der Waals surface area (Å²) in [5.41, 5.74) is 0.842. The van der Waals surface area contributed by atoms with E-state index in [1.807, 2.05) is 12.1 Å². The van der Waals surface area contributed by atoms with Crippen molar-refractivity contribution in [2.24, 2.45) is 5.92 Å². The molecule has 0 radical (unpaired) electrons. The Morgan fingerprint density at radius 1 is 1.05 bits per heavy atom. The highest BCUT2D eigenvalue weighted by molar-refractivity contribution is 6.45. The molecule has 0 amide bonds. The van der Waals surface area contributed by atoms with Crippen molar-refractivity contribution in [3.05, 3.63) is 29.8 Å². The molecule has 1 aliphatic rings. The highest BCUT2D eigenvalue weighted by Crippen LogP contribution is 2.38. The van der Waals surface area contributed by atoms with Gasteiger partial charge in [-0.3, -0.25) is 0 Å². The Labute approximate surface area is 129 Å². The molecule has 1 aliphatic heterocycles. The highest BCUT2D eigenvalue weighted by Gasteiger charge is 2.50. The van der Waals surface area contributed by atoms with E-state index in [-0.39, 0.29) is 18.3 Å². The third kappa shape index (κ3) is 3.80. The molecule has 2 rings (SSSR count). The molecule has 1 heterocycles. The molecule has 116 valence electrons. The van der Waals surface area contributed by atoms with Crippen molar-refractivity contribution in [2.75, 3.05) is 7.11 Å². The molecule has 1 aromatic rings. The van der Waals surface area contributed by atoms with E-state index in [9.17, 15) is 0 Å². The second kappa shape index (κ2) is 6.01. The first-order valence-electron chi connectivity index (χ1n) is 7.72. The van der Waals surface area contributed by atoms with Crippen molar-refractivity contribution in [1.29, 1.82) is 0 Å². The van der Waals surface area contributed by atoms with E-state index in [0.717, 1.165) is 18.5 Å². The molecular formula is C17H27BO3. The molecule has 0 bridgehead atoms. The fourth-order valence-electron chi connectivity index (χ4n) is 2.64. The van der Waals surface area contributed by atoms with Gasteiger partial charge in [0.2, 0.25) is 0 Å². The van der Waals surface area contributed by atoms with Crippen LogP contribution in [0, 0.1) is 5.92 Å². The largest absolute Gasteiger partial charge is 0.497 e. The van der Waals surface area contributed by atoms with Gasteiger partial charge in [0, 0.05) is 0 Å². The van der Waals surface area contributed by atoms with Crippen LogP contribution in [0.4, 0.5) is 0 Å². The predicted molar refractivity (Wildman–Crippen MR) is 86.8 cm³/mol. The molecule has 4 heteroatoms. The molecule has 0 saturated carbocycles. The fourth-order valence-corrected chi connectivity index (χ4v) is 2.64. The molecular weight excluding hydrogens is 263 g/mol. The fraction of sp³-hybridized carbons (Fsp3) is 0.647. The lowest BCUT2D eigenvalue weighted by Crippen LogP contribution is -2.41. The third-order valence-electron chi connectivity index (χ3n) is 4.64. The van der Waals surface area contributed by atoms with Gasteiger partial charge in [-0.05, 0) is 64.1 Å². The van der Waals surface area contributed by atoms with Crippen LogP contribution >= 0.6 is 0 Å². The Bertz CT molecular complexity index is 451. The standard InChI is InChI=1S/C17H27BO3/c1-13(11-14-7-9-15(19-6)10-8-14)12-18-20-16(2,3)17(4,5)21-18/h7-10,13H,11-12H2,1-6H3/t13-/m0/s1. The van der Waals surface area contributed by atoms with Gasteiger partial charge >= 0.3 is 7.12 Å². The SMILES string of the molecule is COc1ccc(C[C@H](C)CB2OC(C)(C)C(C)(C)O2)cc1. The predicted octanol–water partition coefficient (Wildman–Crippen LogP) is 3.97. The van der Waals surface area contributed by atoms with Gasteiger partial charge in [-0.25, -0.2) is 0 Å². The molecule has 3 nitrogen and oxygen atoms in total. The minimum absolute atomic E-state index is 0.108. The van der Waals surface area contributed by atoms with E-state index in [0.29, 0.717) is 5.92 Å². The van der Waals surface area contributed by atoms with Crippen LogP contribution in [0.3, 0.4) is 0 Å². The topological polar surface area (TPSA) is 27.7 Å². The van der Waals surface area contributed by atoms with Crippen LogP contribution in [0.15, 0.2) is 24.3 Å². The van der Waals surface area contributed by atoms with Crippen LogP contribution in [-0.2, 0) is 15.7 Å². The molecule has 0 N–H and O–H groups in total. The molecule has 1 fully saturated rings. The van der Waals surface area contributed by atoms with Gasteiger partial charge in [0.25, 0.3) is 0 Å². The van der Waals surface area contributed by atoms with Gasteiger partial charge in [-0.15, -0.1) is 0 Å². The summed E-state index contributed by atoms with van der Waals surface area (Å²) in [5, 5.41) is 0. The lowest BCUT2D eigenvalue weighted by Gasteiger charge is -2.32. The summed E-state index contributed by atoms with van der Waals surface area (Å²) >= 11 is 0. The van der Waals surface area contributed by atoms with E-state index in [4.69, 9.17) is 14.0 Å². The molecule has 0 aromatic heterocycles. The van der Waals surface area contributed by atoms with E-state index in [1.165, 1.54) is 5.56 Å². The Morgan fingerprint density at radius 2 is 1.57 bits per heavy atom. The lowest BCUT2D eigenvalue weighted by atomic mass is 9.76. The summed E-state index contributed by atoms with van der Waals surface area (Å²) in [6.07, 6.45) is 1.94. The lowest BCUT2D eigenvalue weighted by molar-refractivity contribution is 0.00578. The molecule has 1 aromatic carbocycles. The summed E-state index contributed by atoms with van der Waals surface area (Å²) in [4.78, 5) is 0. The number of hydrogen-bond acceptors (Lipinski definition) is 3. The molecule has 1 saturated heterocycles. The minimum Gasteiger partial charge on any atom is -0.497 e. The number of methoxy groups -OCH3 is 1. The van der Waals surface area contributed by atoms with Gasteiger partial charge in [-0.2, -0.15) is 0 Å². The Hall–Kier alpha value is -0.995. The number of ether oxygens (including phenoxy) is 1. The summed E-state index contributed by atoms with van der Waals surface area (Å²) in [6.45, 7) is 10.6. The summed E-state index contributed by atoms with van der Waals surface area (Å²) < 4.78 is 17.3. The molecule has 21 heavy (non-hydrogen) atoms. The average molecular weight is 290 g/mol. The van der Waals surface area contributed by atoms with E-state index < -0.39 is 0 Å². The van der Waals surface area contributed by atoms with E-state index >= 15 is 0 Å². The monoisotopic (exact) mass is 290 g/mol. The zero-order valence-corrected chi connectivity index (χ0v) is 14.1. The van der Waals surface area contributed by atoms with Crippen molar-refractivity contribution < 1.29 is 14.0 Å². The maximum absolute atomic E-state index is 6.07. The second-order valence-electron chi connectivity index (χ2n) is 7.08. The Balaban J connectivity index is 1.89. The summed E-state index contributed by atoms with van der Waals surface area (Å²) in [5.74, 6) is 1.41. The summed E-state index contributed by atoms with van der Waals surface area (Å²) in [6, 6.07) is 8.27. The quantitative estimate of drug-likeness (QED) is 0.768. The van der Waals surface area contributed by atoms with Crippen molar-refractivity contribution >= 4 is 7.12 Å². The average Bonchev–Trinajstić information content (AvgIpc) is 2.57. The van der Waals surface area contributed by atoms with Gasteiger partial charge in [0.05, 0.1) is 18.3 Å². The smallest absolute Gasteiger partial charge is 0.458 e. The van der Waals surface area contributed by atoms with Crippen LogP contribution in [0.25, 0.3) is 0 Å². The first kappa shape index (κ1) is 16.4. The maximum atomic E-state index is 6.07. The Morgan fingerprint density at radius 3 is 2.05 bits per heavy atom. The van der Waals surface area contributed by atoms with Crippen LogP contribution in [0.1, 0.15) is 40.2 Å². The van der Waals surface area contributed by atoms with Crippen molar-refractivity contribution in [2.45, 2.75) is 58.6 Å². The molecule has 1 atom stereocenters. The van der Waals surface area contributed by atoms with E-state index in [1.54, 1.807) is 7.11 Å². The normalized spacial score (nSPS) is 21.3. The first-order valence-corrected chi connectivity index (χ1v) is 7.72. The van der Waals surface area contributed by atoms with Crippen LogP contribution in [-0.4, -0.2) is 25.4 Å². The third-order valence-corrected chi connectivity index (χ3v) is 4.64. The van der Waals surface area contributed by atoms with Crippen molar-refractivity contribution in [1.82, 2.24) is 0 Å². The number of benzene rings is 1.